The summed E-state index contributed by atoms with van der Waals surface area (Å²) in [6, 6.07) is 0. The Balaban J connectivity index is 3.82. The summed E-state index contributed by atoms with van der Waals surface area (Å²) in [5, 5.41) is 2.73. The lowest BCUT2D eigenvalue weighted by molar-refractivity contribution is -0.120. The third-order valence-corrected chi connectivity index (χ3v) is 4.73. The fourth-order valence-electron chi connectivity index (χ4n) is 2.45. The standard InChI is InChI=1S/C24H49NO8/c1-17(10-25-24(8)26)28-12-19(3)30-14-21(5)32-16-23(7)33-15-22(6)31-13-20(4)29-11-18(2)27-9/h17-23H,10-16H2,1-9H3,(H,25,26). The number of ether oxygens (including phenoxy) is 7. The van der Waals surface area contributed by atoms with Gasteiger partial charge in [0.1, 0.15) is 0 Å². The van der Waals surface area contributed by atoms with E-state index in [1.807, 2.05) is 48.5 Å². The minimum atomic E-state index is -0.0634. The Morgan fingerprint density at radius 2 is 0.818 bits per heavy atom. The highest BCUT2D eigenvalue weighted by molar-refractivity contribution is 5.72. The second kappa shape index (κ2) is 19.5. The van der Waals surface area contributed by atoms with Gasteiger partial charge in [0.15, 0.2) is 0 Å². The monoisotopic (exact) mass is 479 g/mol. The molecule has 7 atom stereocenters. The minimum Gasteiger partial charge on any atom is -0.379 e. The second-order valence-corrected chi connectivity index (χ2v) is 8.85. The van der Waals surface area contributed by atoms with Gasteiger partial charge >= 0.3 is 0 Å². The van der Waals surface area contributed by atoms with Crippen LogP contribution in [0.1, 0.15) is 55.4 Å². The van der Waals surface area contributed by atoms with Crippen LogP contribution in [0.25, 0.3) is 0 Å². The maximum Gasteiger partial charge on any atom is 0.216 e. The SMILES string of the molecule is COC(C)COC(C)COC(C)COC(C)COC(C)COC(C)COC(C)CNC(C)=O. The summed E-state index contributed by atoms with van der Waals surface area (Å²) < 4.78 is 39.8. The first-order valence-corrected chi connectivity index (χ1v) is 12.0. The number of carbonyl (C=O) groups is 1. The maximum absolute atomic E-state index is 10.9. The van der Waals surface area contributed by atoms with Crippen LogP contribution in [0, 0.1) is 0 Å². The zero-order valence-electron chi connectivity index (χ0n) is 22.3. The van der Waals surface area contributed by atoms with Crippen molar-refractivity contribution in [3.8, 4) is 0 Å². The van der Waals surface area contributed by atoms with Crippen molar-refractivity contribution in [2.24, 2.45) is 0 Å². The molecule has 0 fully saturated rings. The molecule has 0 aromatic rings. The molecule has 0 saturated carbocycles. The summed E-state index contributed by atoms with van der Waals surface area (Å²) in [5.41, 5.74) is 0. The second-order valence-electron chi connectivity index (χ2n) is 8.85. The molecule has 0 bridgehead atoms. The van der Waals surface area contributed by atoms with E-state index >= 15 is 0 Å². The van der Waals surface area contributed by atoms with E-state index in [4.69, 9.17) is 33.2 Å². The van der Waals surface area contributed by atoms with Crippen molar-refractivity contribution in [2.75, 3.05) is 53.3 Å². The zero-order chi connectivity index (χ0) is 25.2. The normalized spacial score (nSPS) is 18.2. The average molecular weight is 480 g/mol. The van der Waals surface area contributed by atoms with Gasteiger partial charge in [0.05, 0.1) is 82.4 Å². The molecule has 33 heavy (non-hydrogen) atoms. The Labute approximate surface area is 201 Å². The number of nitrogens with one attached hydrogen (secondary N) is 1. The van der Waals surface area contributed by atoms with Crippen molar-refractivity contribution >= 4 is 5.91 Å². The summed E-state index contributed by atoms with van der Waals surface area (Å²) in [4.78, 5) is 10.9. The van der Waals surface area contributed by atoms with E-state index in [2.05, 4.69) is 5.32 Å². The van der Waals surface area contributed by atoms with E-state index in [9.17, 15) is 4.79 Å². The van der Waals surface area contributed by atoms with Crippen molar-refractivity contribution < 1.29 is 38.0 Å². The molecule has 0 aliphatic heterocycles. The third-order valence-electron chi connectivity index (χ3n) is 4.73. The van der Waals surface area contributed by atoms with Gasteiger partial charge < -0.3 is 38.5 Å². The van der Waals surface area contributed by atoms with Gasteiger partial charge in [-0.1, -0.05) is 0 Å². The molecule has 0 aromatic heterocycles. The molecule has 9 heteroatoms. The molecule has 0 spiro atoms. The highest BCUT2D eigenvalue weighted by atomic mass is 16.6. The summed E-state index contributed by atoms with van der Waals surface area (Å²) in [7, 11) is 1.67. The summed E-state index contributed by atoms with van der Waals surface area (Å²) in [6.45, 7) is 18.7. The van der Waals surface area contributed by atoms with Crippen molar-refractivity contribution in [1.82, 2.24) is 5.32 Å². The highest BCUT2D eigenvalue weighted by Gasteiger charge is 2.14. The molecule has 0 aliphatic carbocycles. The highest BCUT2D eigenvalue weighted by Crippen LogP contribution is 2.04. The molecule has 1 N–H and O–H groups in total. The number of amides is 1. The Kier molecular flexibility index (Phi) is 19.0. The number of rotatable bonds is 21. The molecule has 7 unspecified atom stereocenters. The number of hydrogen-bond acceptors (Lipinski definition) is 8. The summed E-state index contributed by atoms with van der Waals surface area (Å²) in [6.07, 6.45) is -0.197. The Bertz CT molecular complexity index is 481. The van der Waals surface area contributed by atoms with Crippen LogP contribution in [-0.4, -0.2) is 102 Å². The lowest BCUT2D eigenvalue weighted by atomic mass is 10.3. The van der Waals surface area contributed by atoms with Crippen LogP contribution in [0.3, 0.4) is 0 Å². The molecule has 0 aliphatic rings. The van der Waals surface area contributed by atoms with Crippen LogP contribution < -0.4 is 5.32 Å². The summed E-state index contributed by atoms with van der Waals surface area (Å²) in [5.74, 6) is -0.0616. The molecular weight excluding hydrogens is 430 g/mol. The summed E-state index contributed by atoms with van der Waals surface area (Å²) >= 11 is 0. The average Bonchev–Trinajstić information content (AvgIpc) is 2.78. The first kappa shape index (κ1) is 32.2. The van der Waals surface area contributed by atoms with E-state index < -0.39 is 0 Å². The van der Waals surface area contributed by atoms with E-state index in [0.717, 1.165) is 0 Å². The predicted octanol–water partition coefficient (Wildman–Crippen LogP) is 2.59. The van der Waals surface area contributed by atoms with Crippen LogP contribution in [0.2, 0.25) is 0 Å². The van der Waals surface area contributed by atoms with Crippen LogP contribution in [0.4, 0.5) is 0 Å². The Hall–Kier alpha value is -0.810. The van der Waals surface area contributed by atoms with Crippen LogP contribution in [0.5, 0.6) is 0 Å². The minimum absolute atomic E-state index is 0.000122. The maximum atomic E-state index is 10.9. The van der Waals surface area contributed by atoms with E-state index in [-0.39, 0.29) is 48.6 Å². The van der Waals surface area contributed by atoms with Crippen molar-refractivity contribution in [3.05, 3.63) is 0 Å². The quantitative estimate of drug-likeness (QED) is 0.269. The topological polar surface area (TPSA) is 93.7 Å². The molecule has 198 valence electrons. The third kappa shape index (κ3) is 20.3. The number of hydrogen-bond donors (Lipinski definition) is 1. The number of methoxy groups -OCH3 is 1. The largest absolute Gasteiger partial charge is 0.379 e. The zero-order valence-corrected chi connectivity index (χ0v) is 22.3. The lowest BCUT2D eigenvalue weighted by Gasteiger charge is -2.22. The fraction of sp³-hybridized carbons (Fsp3) is 0.958. The van der Waals surface area contributed by atoms with Gasteiger partial charge in [-0.3, -0.25) is 4.79 Å². The molecule has 0 saturated heterocycles. The Morgan fingerprint density at radius 3 is 1.09 bits per heavy atom. The van der Waals surface area contributed by atoms with Crippen molar-refractivity contribution in [3.63, 3.8) is 0 Å². The van der Waals surface area contributed by atoms with Gasteiger partial charge in [0, 0.05) is 20.6 Å². The molecule has 9 nitrogen and oxygen atoms in total. The van der Waals surface area contributed by atoms with Crippen LogP contribution in [0.15, 0.2) is 0 Å². The van der Waals surface area contributed by atoms with Gasteiger partial charge in [-0.15, -0.1) is 0 Å². The molecule has 0 rings (SSSR count). The first-order valence-electron chi connectivity index (χ1n) is 12.0. The molecular formula is C24H49NO8. The molecule has 0 aromatic carbocycles. The first-order chi connectivity index (χ1) is 15.5. The van der Waals surface area contributed by atoms with Crippen LogP contribution >= 0.6 is 0 Å². The van der Waals surface area contributed by atoms with Crippen molar-refractivity contribution in [2.45, 2.75) is 98.1 Å². The van der Waals surface area contributed by atoms with Crippen molar-refractivity contribution in [1.29, 1.82) is 0 Å². The predicted molar refractivity (Wildman–Crippen MR) is 128 cm³/mol. The molecule has 1 amide bonds. The molecule has 0 radical (unpaired) electrons. The molecule has 0 heterocycles. The van der Waals surface area contributed by atoms with Crippen LogP contribution in [-0.2, 0) is 38.0 Å². The smallest absolute Gasteiger partial charge is 0.216 e. The van der Waals surface area contributed by atoms with Gasteiger partial charge in [-0.2, -0.15) is 0 Å². The Morgan fingerprint density at radius 1 is 0.545 bits per heavy atom. The lowest BCUT2D eigenvalue weighted by Crippen LogP contribution is -2.33. The fourth-order valence-corrected chi connectivity index (χ4v) is 2.45. The van der Waals surface area contributed by atoms with Gasteiger partial charge in [-0.25, -0.2) is 0 Å². The van der Waals surface area contributed by atoms with Gasteiger partial charge in [-0.05, 0) is 48.5 Å². The number of carbonyl (C=O) groups excluding carboxylic acids is 1. The van der Waals surface area contributed by atoms with E-state index in [1.165, 1.54) is 6.92 Å². The van der Waals surface area contributed by atoms with Gasteiger partial charge in [0.25, 0.3) is 0 Å². The van der Waals surface area contributed by atoms with E-state index in [1.54, 1.807) is 7.11 Å². The van der Waals surface area contributed by atoms with E-state index in [0.29, 0.717) is 46.2 Å². The van der Waals surface area contributed by atoms with Gasteiger partial charge in [0.2, 0.25) is 5.91 Å².